The molecule has 0 aliphatic carbocycles. The maximum absolute atomic E-state index is 11.7. The molecule has 2 aromatic rings. The quantitative estimate of drug-likeness (QED) is 0.863. The van der Waals surface area contributed by atoms with Gasteiger partial charge >= 0.3 is 5.97 Å². The third kappa shape index (κ3) is 3.68. The van der Waals surface area contributed by atoms with Crippen LogP contribution in [0, 0.1) is 13.8 Å². The number of aryl methyl sites for hydroxylation is 2. The fraction of sp³-hybridized carbons (Fsp3) is 0.214. The number of carbonyl (C=O) groups is 2. The van der Waals surface area contributed by atoms with Gasteiger partial charge < -0.3 is 14.6 Å². The molecule has 20 heavy (non-hydrogen) atoms. The van der Waals surface area contributed by atoms with E-state index in [9.17, 15) is 9.59 Å². The summed E-state index contributed by atoms with van der Waals surface area (Å²) in [6, 6.07) is 8.47. The summed E-state index contributed by atoms with van der Waals surface area (Å²) in [6.45, 7) is 3.25. The van der Waals surface area contributed by atoms with Gasteiger partial charge in [0.15, 0.2) is 12.4 Å². The van der Waals surface area contributed by atoms with Crippen molar-refractivity contribution in [1.29, 1.82) is 0 Å². The maximum atomic E-state index is 11.7. The van der Waals surface area contributed by atoms with E-state index in [0.717, 1.165) is 5.56 Å². The first-order chi connectivity index (χ1) is 9.54. The van der Waals surface area contributed by atoms with E-state index in [2.05, 4.69) is 10.5 Å². The lowest BCUT2D eigenvalue weighted by molar-refractivity contribution is -0.119. The molecule has 0 aliphatic heterocycles. The number of rotatable bonds is 4. The molecular formula is C14H14N2O4. The van der Waals surface area contributed by atoms with Crippen LogP contribution in [0.2, 0.25) is 0 Å². The van der Waals surface area contributed by atoms with Gasteiger partial charge in [-0.15, -0.1) is 0 Å². The predicted molar refractivity (Wildman–Crippen MR) is 71.3 cm³/mol. The minimum absolute atomic E-state index is 0.291. The molecule has 0 saturated heterocycles. The Bertz CT molecular complexity index is 616. The number of benzene rings is 1. The number of carbonyl (C=O) groups excluding carboxylic acids is 2. The Balaban J connectivity index is 1.84. The maximum Gasteiger partial charge on any atom is 0.338 e. The summed E-state index contributed by atoms with van der Waals surface area (Å²) < 4.78 is 9.70. The number of nitrogens with zero attached hydrogens (tertiary/aromatic N) is 1. The van der Waals surface area contributed by atoms with Gasteiger partial charge in [0, 0.05) is 6.07 Å². The zero-order valence-corrected chi connectivity index (χ0v) is 11.2. The van der Waals surface area contributed by atoms with E-state index < -0.39 is 11.9 Å². The van der Waals surface area contributed by atoms with E-state index in [1.165, 1.54) is 0 Å². The van der Waals surface area contributed by atoms with Crippen molar-refractivity contribution in [2.45, 2.75) is 13.8 Å². The molecule has 104 valence electrons. The molecule has 1 heterocycles. The Kier molecular flexibility index (Phi) is 4.14. The molecule has 0 atom stereocenters. The first kappa shape index (κ1) is 13.8. The van der Waals surface area contributed by atoms with Gasteiger partial charge in [0.2, 0.25) is 0 Å². The van der Waals surface area contributed by atoms with E-state index in [1.54, 1.807) is 37.3 Å². The summed E-state index contributed by atoms with van der Waals surface area (Å²) in [5.41, 5.74) is 1.45. The van der Waals surface area contributed by atoms with Crippen molar-refractivity contribution in [3.8, 4) is 0 Å². The van der Waals surface area contributed by atoms with Crippen LogP contribution in [0.4, 0.5) is 5.82 Å². The molecule has 6 heteroatoms. The van der Waals surface area contributed by atoms with Crippen LogP contribution in [0.1, 0.15) is 21.7 Å². The SMILES string of the molecule is Cc1ccc(C(=O)OCC(=O)Nc2cc(C)on2)cc1. The fourth-order valence-electron chi connectivity index (χ4n) is 1.51. The number of nitrogens with one attached hydrogen (secondary N) is 1. The minimum Gasteiger partial charge on any atom is -0.452 e. The van der Waals surface area contributed by atoms with Crippen LogP contribution in [0.25, 0.3) is 0 Å². The molecule has 1 aromatic carbocycles. The smallest absolute Gasteiger partial charge is 0.338 e. The lowest BCUT2D eigenvalue weighted by atomic mass is 10.1. The van der Waals surface area contributed by atoms with Crippen molar-refractivity contribution in [1.82, 2.24) is 5.16 Å². The van der Waals surface area contributed by atoms with Gasteiger partial charge in [-0.3, -0.25) is 4.79 Å². The predicted octanol–water partition coefficient (Wildman–Crippen LogP) is 2.09. The third-order valence-electron chi connectivity index (χ3n) is 2.52. The zero-order chi connectivity index (χ0) is 14.5. The van der Waals surface area contributed by atoms with Gasteiger partial charge in [-0.05, 0) is 26.0 Å². The lowest BCUT2D eigenvalue weighted by Gasteiger charge is -2.04. The van der Waals surface area contributed by atoms with Crippen LogP contribution in [0.5, 0.6) is 0 Å². The molecule has 1 aromatic heterocycles. The molecule has 0 bridgehead atoms. The van der Waals surface area contributed by atoms with Gasteiger partial charge in [0.25, 0.3) is 5.91 Å². The van der Waals surface area contributed by atoms with Crippen LogP contribution in [0.3, 0.4) is 0 Å². The van der Waals surface area contributed by atoms with E-state index in [-0.39, 0.29) is 6.61 Å². The van der Waals surface area contributed by atoms with Gasteiger partial charge in [-0.2, -0.15) is 0 Å². The molecule has 0 saturated carbocycles. The highest BCUT2D eigenvalue weighted by Gasteiger charge is 2.11. The van der Waals surface area contributed by atoms with Crippen molar-refractivity contribution in [3.05, 3.63) is 47.2 Å². The standard InChI is InChI=1S/C14H14N2O4/c1-9-3-5-11(6-4-9)14(18)19-8-13(17)15-12-7-10(2)20-16-12/h3-7H,8H2,1-2H3,(H,15,16,17). The summed E-state index contributed by atoms with van der Waals surface area (Å²) >= 11 is 0. The average molecular weight is 274 g/mol. The summed E-state index contributed by atoms with van der Waals surface area (Å²) in [5.74, 6) is -0.147. The van der Waals surface area contributed by atoms with Gasteiger partial charge in [0.05, 0.1) is 5.56 Å². The van der Waals surface area contributed by atoms with E-state index in [1.807, 2.05) is 6.92 Å². The number of hydrogen-bond acceptors (Lipinski definition) is 5. The fourth-order valence-corrected chi connectivity index (χ4v) is 1.51. The summed E-state index contributed by atoms with van der Waals surface area (Å²) in [5, 5.41) is 6.06. The molecule has 6 nitrogen and oxygen atoms in total. The molecule has 2 rings (SSSR count). The Morgan fingerprint density at radius 1 is 1.25 bits per heavy atom. The second-order valence-electron chi connectivity index (χ2n) is 4.31. The van der Waals surface area contributed by atoms with Gasteiger partial charge in [-0.25, -0.2) is 4.79 Å². The highest BCUT2D eigenvalue weighted by molar-refractivity contribution is 5.94. The molecule has 0 unspecified atom stereocenters. The number of amides is 1. The topological polar surface area (TPSA) is 81.4 Å². The first-order valence-electron chi connectivity index (χ1n) is 6.01. The lowest BCUT2D eigenvalue weighted by Crippen LogP contribution is -2.21. The molecule has 1 N–H and O–H groups in total. The van der Waals surface area contributed by atoms with Crippen molar-refractivity contribution in [2.75, 3.05) is 11.9 Å². The Labute approximate surface area is 115 Å². The molecule has 0 aliphatic rings. The van der Waals surface area contributed by atoms with Crippen LogP contribution in [0.15, 0.2) is 34.9 Å². The van der Waals surface area contributed by atoms with E-state index in [0.29, 0.717) is 17.1 Å². The third-order valence-corrected chi connectivity index (χ3v) is 2.52. The van der Waals surface area contributed by atoms with Crippen LogP contribution in [-0.2, 0) is 9.53 Å². The Morgan fingerprint density at radius 3 is 2.55 bits per heavy atom. The number of aromatic nitrogens is 1. The zero-order valence-electron chi connectivity index (χ0n) is 11.2. The van der Waals surface area contributed by atoms with Crippen molar-refractivity contribution in [2.24, 2.45) is 0 Å². The van der Waals surface area contributed by atoms with Crippen molar-refractivity contribution in [3.63, 3.8) is 0 Å². The number of ether oxygens (including phenoxy) is 1. The van der Waals surface area contributed by atoms with Crippen LogP contribution < -0.4 is 5.32 Å². The second kappa shape index (κ2) is 6.01. The first-order valence-corrected chi connectivity index (χ1v) is 6.01. The normalized spacial score (nSPS) is 10.1. The van der Waals surface area contributed by atoms with Crippen LogP contribution in [-0.4, -0.2) is 23.6 Å². The molecular weight excluding hydrogens is 260 g/mol. The summed E-state index contributed by atoms with van der Waals surface area (Å²) in [6.07, 6.45) is 0. The average Bonchev–Trinajstić information content (AvgIpc) is 2.82. The molecule has 0 spiro atoms. The van der Waals surface area contributed by atoms with Crippen molar-refractivity contribution < 1.29 is 18.8 Å². The minimum atomic E-state index is -0.545. The molecule has 0 radical (unpaired) electrons. The molecule has 1 amide bonds. The number of anilines is 1. The van der Waals surface area contributed by atoms with E-state index >= 15 is 0 Å². The van der Waals surface area contributed by atoms with Gasteiger partial charge in [0.1, 0.15) is 5.76 Å². The summed E-state index contributed by atoms with van der Waals surface area (Å²) in [4.78, 5) is 23.2. The Hall–Kier alpha value is -2.63. The van der Waals surface area contributed by atoms with Gasteiger partial charge in [-0.1, -0.05) is 22.9 Å². The molecule has 0 fully saturated rings. The largest absolute Gasteiger partial charge is 0.452 e. The van der Waals surface area contributed by atoms with Crippen LogP contribution >= 0.6 is 0 Å². The number of hydrogen-bond donors (Lipinski definition) is 1. The second-order valence-corrected chi connectivity index (χ2v) is 4.31. The highest BCUT2D eigenvalue weighted by Crippen LogP contribution is 2.07. The monoisotopic (exact) mass is 274 g/mol. The number of esters is 1. The Morgan fingerprint density at radius 2 is 1.95 bits per heavy atom. The van der Waals surface area contributed by atoms with Crippen molar-refractivity contribution >= 4 is 17.7 Å². The van der Waals surface area contributed by atoms with E-state index in [4.69, 9.17) is 9.26 Å². The highest BCUT2D eigenvalue weighted by atomic mass is 16.5. The summed E-state index contributed by atoms with van der Waals surface area (Å²) in [7, 11) is 0.